The van der Waals surface area contributed by atoms with Crippen molar-refractivity contribution in [1.82, 2.24) is 4.90 Å². The normalized spacial score (nSPS) is 19.2. The smallest absolute Gasteiger partial charge is 0.329 e. The maximum atomic E-state index is 10.3. The summed E-state index contributed by atoms with van der Waals surface area (Å²) in [6, 6.07) is 0. The van der Waals surface area contributed by atoms with Crippen molar-refractivity contribution < 1.29 is 14.6 Å². The Hall–Kier alpha value is -0.610. The van der Waals surface area contributed by atoms with Gasteiger partial charge >= 0.3 is 5.97 Å². The molecule has 1 aliphatic heterocycles. The van der Waals surface area contributed by atoms with E-state index >= 15 is 0 Å². The molecule has 0 atom stereocenters. The summed E-state index contributed by atoms with van der Waals surface area (Å²) in [6.45, 7) is 7.55. The highest BCUT2D eigenvalue weighted by Gasteiger charge is 2.20. The maximum Gasteiger partial charge on any atom is 0.329 e. The van der Waals surface area contributed by atoms with Crippen molar-refractivity contribution in [3.05, 3.63) is 0 Å². The van der Waals surface area contributed by atoms with Gasteiger partial charge in [-0.05, 0) is 31.7 Å². The first-order valence-electron chi connectivity index (χ1n) is 6.13. The minimum atomic E-state index is -0.873. The maximum absolute atomic E-state index is 10.3. The van der Waals surface area contributed by atoms with Gasteiger partial charge in [0.15, 0.2) is 0 Å². The van der Waals surface area contributed by atoms with Crippen molar-refractivity contribution in [2.24, 2.45) is 5.92 Å². The van der Waals surface area contributed by atoms with Gasteiger partial charge in [0, 0.05) is 13.1 Å². The van der Waals surface area contributed by atoms with E-state index in [1.807, 2.05) is 0 Å². The molecule has 1 heterocycles. The zero-order valence-corrected chi connectivity index (χ0v) is 10.3. The van der Waals surface area contributed by atoms with Crippen LogP contribution in [0.4, 0.5) is 0 Å². The fourth-order valence-electron chi connectivity index (χ4n) is 1.93. The van der Waals surface area contributed by atoms with Crippen LogP contribution in [-0.2, 0) is 9.53 Å². The zero-order chi connectivity index (χ0) is 12.0. The van der Waals surface area contributed by atoms with E-state index in [9.17, 15) is 4.79 Å². The molecule has 0 spiro atoms. The second-order valence-electron chi connectivity index (χ2n) is 4.93. The van der Waals surface area contributed by atoms with E-state index in [0.29, 0.717) is 0 Å². The number of piperidine rings is 1. The molecule has 1 aliphatic rings. The van der Waals surface area contributed by atoms with Gasteiger partial charge in [0.2, 0.25) is 0 Å². The summed E-state index contributed by atoms with van der Waals surface area (Å²) in [5.41, 5.74) is 0. The first-order valence-corrected chi connectivity index (χ1v) is 6.13. The van der Waals surface area contributed by atoms with Gasteiger partial charge in [-0.1, -0.05) is 13.8 Å². The van der Waals surface area contributed by atoms with Gasteiger partial charge in [0.05, 0.1) is 6.10 Å². The molecule has 0 aromatic heterocycles. The Bertz CT molecular complexity index is 210. The van der Waals surface area contributed by atoms with Gasteiger partial charge in [0.25, 0.3) is 0 Å². The lowest BCUT2D eigenvalue weighted by Crippen LogP contribution is -2.38. The van der Waals surface area contributed by atoms with Crippen LogP contribution in [0.1, 0.15) is 33.1 Å². The summed E-state index contributed by atoms with van der Waals surface area (Å²) in [5, 5.41) is 8.51. The van der Waals surface area contributed by atoms with E-state index in [-0.39, 0.29) is 12.7 Å². The Morgan fingerprint density at radius 1 is 1.44 bits per heavy atom. The van der Waals surface area contributed by atoms with E-state index in [1.54, 1.807) is 0 Å². The van der Waals surface area contributed by atoms with Crippen LogP contribution in [0.3, 0.4) is 0 Å². The van der Waals surface area contributed by atoms with Crippen LogP contribution in [0.25, 0.3) is 0 Å². The third-order valence-corrected chi connectivity index (χ3v) is 3.00. The van der Waals surface area contributed by atoms with Crippen molar-refractivity contribution in [3.63, 3.8) is 0 Å². The summed E-state index contributed by atoms with van der Waals surface area (Å²) in [6.07, 6.45) is 3.31. The van der Waals surface area contributed by atoms with Crippen LogP contribution >= 0.6 is 0 Å². The molecule has 0 radical (unpaired) electrons. The molecule has 1 saturated heterocycles. The van der Waals surface area contributed by atoms with E-state index in [1.165, 1.54) is 6.42 Å². The fourth-order valence-corrected chi connectivity index (χ4v) is 1.93. The van der Waals surface area contributed by atoms with Crippen molar-refractivity contribution in [3.8, 4) is 0 Å². The van der Waals surface area contributed by atoms with Gasteiger partial charge < -0.3 is 14.7 Å². The molecule has 0 aliphatic carbocycles. The van der Waals surface area contributed by atoms with E-state index < -0.39 is 5.97 Å². The Balaban J connectivity index is 2.11. The van der Waals surface area contributed by atoms with E-state index in [4.69, 9.17) is 9.84 Å². The number of nitrogens with zero attached hydrogens (tertiary/aromatic N) is 1. The zero-order valence-electron chi connectivity index (χ0n) is 10.3. The standard InChI is InChI=1S/C12H23NO3/c1-10(2)3-6-13-7-4-11(5-8-13)16-9-12(14)15/h10-11H,3-9H2,1-2H3,(H,14,15). The van der Waals surface area contributed by atoms with Gasteiger partial charge in [-0.2, -0.15) is 0 Å². The number of hydrogen-bond acceptors (Lipinski definition) is 3. The molecular formula is C12H23NO3. The van der Waals surface area contributed by atoms with Crippen LogP contribution in [0.2, 0.25) is 0 Å². The quantitative estimate of drug-likeness (QED) is 0.751. The Morgan fingerprint density at radius 2 is 2.06 bits per heavy atom. The number of rotatable bonds is 6. The topological polar surface area (TPSA) is 49.8 Å². The number of likely N-dealkylation sites (tertiary alicyclic amines) is 1. The molecule has 4 heteroatoms. The van der Waals surface area contributed by atoms with Crippen molar-refractivity contribution in [1.29, 1.82) is 0 Å². The Morgan fingerprint density at radius 3 is 2.56 bits per heavy atom. The molecule has 0 unspecified atom stereocenters. The molecule has 1 N–H and O–H groups in total. The van der Waals surface area contributed by atoms with E-state index in [0.717, 1.165) is 38.4 Å². The molecule has 0 amide bonds. The first kappa shape index (κ1) is 13.5. The van der Waals surface area contributed by atoms with Gasteiger partial charge in [-0.25, -0.2) is 4.79 Å². The SMILES string of the molecule is CC(C)CCN1CCC(OCC(=O)O)CC1. The molecule has 4 nitrogen and oxygen atoms in total. The number of aliphatic carboxylic acids is 1. The number of hydrogen-bond donors (Lipinski definition) is 1. The second-order valence-corrected chi connectivity index (χ2v) is 4.93. The summed E-state index contributed by atoms with van der Waals surface area (Å²) < 4.78 is 5.29. The minimum absolute atomic E-state index is 0.145. The third-order valence-electron chi connectivity index (χ3n) is 3.00. The summed E-state index contributed by atoms with van der Waals surface area (Å²) >= 11 is 0. The molecule has 1 fully saturated rings. The number of carboxylic acids is 1. The molecule has 0 saturated carbocycles. The fraction of sp³-hybridized carbons (Fsp3) is 0.917. The monoisotopic (exact) mass is 229 g/mol. The lowest BCUT2D eigenvalue weighted by atomic mass is 10.1. The lowest BCUT2D eigenvalue weighted by molar-refractivity contribution is -0.145. The molecule has 1 rings (SSSR count). The van der Waals surface area contributed by atoms with Crippen LogP contribution in [0.5, 0.6) is 0 Å². The van der Waals surface area contributed by atoms with Gasteiger partial charge in [-0.3, -0.25) is 0 Å². The molecular weight excluding hydrogens is 206 g/mol. The number of carboxylic acid groups (broad SMARTS) is 1. The molecule has 16 heavy (non-hydrogen) atoms. The van der Waals surface area contributed by atoms with Crippen LogP contribution in [0.15, 0.2) is 0 Å². The molecule has 0 aromatic carbocycles. The highest BCUT2D eigenvalue weighted by Crippen LogP contribution is 2.14. The number of ether oxygens (including phenoxy) is 1. The molecule has 94 valence electrons. The largest absolute Gasteiger partial charge is 0.480 e. The summed E-state index contributed by atoms with van der Waals surface area (Å²) in [7, 11) is 0. The van der Waals surface area contributed by atoms with Crippen molar-refractivity contribution in [2.75, 3.05) is 26.2 Å². The average molecular weight is 229 g/mol. The summed E-state index contributed by atoms with van der Waals surface area (Å²) in [5.74, 6) is -0.122. The molecule has 0 aromatic rings. The van der Waals surface area contributed by atoms with Crippen LogP contribution < -0.4 is 0 Å². The van der Waals surface area contributed by atoms with E-state index in [2.05, 4.69) is 18.7 Å². The highest BCUT2D eigenvalue weighted by molar-refractivity contribution is 5.68. The third kappa shape index (κ3) is 5.47. The van der Waals surface area contributed by atoms with Crippen LogP contribution in [-0.4, -0.2) is 48.3 Å². The lowest BCUT2D eigenvalue weighted by Gasteiger charge is -2.31. The number of carbonyl (C=O) groups is 1. The molecule has 0 bridgehead atoms. The van der Waals surface area contributed by atoms with Crippen molar-refractivity contribution in [2.45, 2.75) is 39.2 Å². The van der Waals surface area contributed by atoms with Gasteiger partial charge in [-0.15, -0.1) is 0 Å². The summed E-state index contributed by atoms with van der Waals surface area (Å²) in [4.78, 5) is 12.8. The Labute approximate surface area is 97.6 Å². The Kier molecular flexibility index (Phi) is 5.77. The first-order chi connectivity index (χ1) is 7.58. The highest BCUT2D eigenvalue weighted by atomic mass is 16.5. The predicted octanol–water partition coefficient (Wildman–Crippen LogP) is 1.60. The van der Waals surface area contributed by atoms with Crippen molar-refractivity contribution >= 4 is 5.97 Å². The second kappa shape index (κ2) is 6.86. The van der Waals surface area contributed by atoms with Gasteiger partial charge in [0.1, 0.15) is 6.61 Å². The van der Waals surface area contributed by atoms with Crippen LogP contribution in [0, 0.1) is 5.92 Å². The average Bonchev–Trinajstić information content (AvgIpc) is 2.25. The minimum Gasteiger partial charge on any atom is -0.480 e. The predicted molar refractivity (Wildman–Crippen MR) is 62.5 cm³/mol.